The fourth-order valence-electron chi connectivity index (χ4n) is 4.47. The van der Waals surface area contributed by atoms with Crippen LogP contribution < -0.4 is 15.8 Å². The lowest BCUT2D eigenvalue weighted by molar-refractivity contribution is 0.0698. The van der Waals surface area contributed by atoms with Gasteiger partial charge in [-0.2, -0.15) is 5.26 Å². The van der Waals surface area contributed by atoms with Crippen molar-refractivity contribution < 1.29 is 9.90 Å². The molecular formula is C25H27N5O3. The van der Waals surface area contributed by atoms with E-state index >= 15 is 0 Å². The predicted octanol–water partition coefficient (Wildman–Crippen LogP) is 3.85. The van der Waals surface area contributed by atoms with Crippen molar-refractivity contribution in [3.63, 3.8) is 0 Å². The number of piperidine rings is 1. The Balaban J connectivity index is 1.79. The molecule has 170 valence electrons. The summed E-state index contributed by atoms with van der Waals surface area (Å²) >= 11 is 0. The third kappa shape index (κ3) is 4.27. The highest BCUT2D eigenvalue weighted by atomic mass is 16.4. The first-order chi connectivity index (χ1) is 15.8. The molecule has 1 atom stereocenters. The van der Waals surface area contributed by atoms with Crippen molar-refractivity contribution in [3.8, 4) is 6.07 Å². The number of nitriles is 1. The minimum absolute atomic E-state index is 0.0375. The van der Waals surface area contributed by atoms with Crippen LogP contribution in [0.2, 0.25) is 0 Å². The highest BCUT2D eigenvalue weighted by Gasteiger charge is 2.24. The van der Waals surface area contributed by atoms with Crippen LogP contribution in [0.3, 0.4) is 0 Å². The number of carbonyl (C=O) groups is 1. The number of carboxylic acids is 1. The summed E-state index contributed by atoms with van der Waals surface area (Å²) < 4.78 is 1.58. The van der Waals surface area contributed by atoms with E-state index in [2.05, 4.69) is 16.3 Å². The van der Waals surface area contributed by atoms with Crippen molar-refractivity contribution in [3.05, 3.63) is 63.4 Å². The number of nitrogens with zero attached hydrogens (tertiary/aromatic N) is 4. The van der Waals surface area contributed by atoms with Gasteiger partial charge in [0.15, 0.2) is 0 Å². The van der Waals surface area contributed by atoms with E-state index in [4.69, 9.17) is 4.98 Å². The van der Waals surface area contributed by atoms with Crippen LogP contribution in [-0.2, 0) is 7.05 Å². The molecule has 1 saturated heterocycles. The number of benzene rings is 2. The van der Waals surface area contributed by atoms with Crippen molar-refractivity contribution in [2.75, 3.05) is 23.3 Å². The molecule has 0 bridgehead atoms. The van der Waals surface area contributed by atoms with E-state index in [1.807, 2.05) is 26.0 Å². The molecule has 2 aromatic carbocycles. The number of aryl methyl sites for hydroxylation is 1. The Morgan fingerprint density at radius 3 is 2.64 bits per heavy atom. The third-order valence-electron chi connectivity index (χ3n) is 6.29. The molecule has 8 heteroatoms. The SMILES string of the molecule is Cc1cc(C(C)Nc2ccccc2C(=O)O)c2nc(N3CCC(C#N)CC3)n(C)c(=O)c2c1. The first-order valence-corrected chi connectivity index (χ1v) is 11.0. The molecule has 1 aromatic heterocycles. The number of aromatic nitrogens is 2. The van der Waals surface area contributed by atoms with Crippen LogP contribution in [0.4, 0.5) is 11.6 Å². The molecule has 0 radical (unpaired) electrons. The second kappa shape index (κ2) is 8.94. The number of hydrogen-bond donors (Lipinski definition) is 2. The summed E-state index contributed by atoms with van der Waals surface area (Å²) in [5.74, 6) is -0.378. The smallest absolute Gasteiger partial charge is 0.337 e. The van der Waals surface area contributed by atoms with Gasteiger partial charge in [-0.05, 0) is 50.5 Å². The van der Waals surface area contributed by atoms with E-state index in [-0.39, 0.29) is 23.1 Å². The van der Waals surface area contributed by atoms with E-state index in [9.17, 15) is 20.0 Å². The van der Waals surface area contributed by atoms with Crippen LogP contribution in [-0.4, -0.2) is 33.7 Å². The van der Waals surface area contributed by atoms with E-state index in [0.717, 1.165) is 24.0 Å². The molecule has 1 unspecified atom stereocenters. The molecular weight excluding hydrogens is 418 g/mol. The first kappa shape index (κ1) is 22.3. The Morgan fingerprint density at radius 2 is 1.97 bits per heavy atom. The maximum atomic E-state index is 13.3. The number of anilines is 2. The Hall–Kier alpha value is -3.86. The Morgan fingerprint density at radius 1 is 1.27 bits per heavy atom. The minimum atomic E-state index is -1.01. The average molecular weight is 446 g/mol. The van der Waals surface area contributed by atoms with Crippen molar-refractivity contribution in [2.45, 2.75) is 32.7 Å². The summed E-state index contributed by atoms with van der Waals surface area (Å²) in [5.41, 5.74) is 2.94. The highest BCUT2D eigenvalue weighted by Crippen LogP contribution is 2.29. The quantitative estimate of drug-likeness (QED) is 0.613. The van der Waals surface area contributed by atoms with Gasteiger partial charge < -0.3 is 15.3 Å². The van der Waals surface area contributed by atoms with Crippen molar-refractivity contribution in [1.82, 2.24) is 9.55 Å². The molecule has 4 rings (SSSR count). The van der Waals surface area contributed by atoms with Crippen molar-refractivity contribution in [2.24, 2.45) is 13.0 Å². The van der Waals surface area contributed by atoms with Gasteiger partial charge >= 0.3 is 5.97 Å². The molecule has 3 aromatic rings. The largest absolute Gasteiger partial charge is 0.478 e. The van der Waals surface area contributed by atoms with Gasteiger partial charge in [0, 0.05) is 37.3 Å². The predicted molar refractivity (Wildman–Crippen MR) is 128 cm³/mol. The van der Waals surface area contributed by atoms with Gasteiger partial charge in [-0.25, -0.2) is 9.78 Å². The van der Waals surface area contributed by atoms with Gasteiger partial charge in [0.25, 0.3) is 5.56 Å². The van der Waals surface area contributed by atoms with Crippen molar-refractivity contribution >= 4 is 28.5 Å². The molecule has 2 N–H and O–H groups in total. The summed E-state index contributed by atoms with van der Waals surface area (Å²) in [6.45, 7) is 5.21. The topological polar surface area (TPSA) is 111 Å². The molecule has 1 fully saturated rings. The minimum Gasteiger partial charge on any atom is -0.478 e. The summed E-state index contributed by atoms with van der Waals surface area (Å²) in [6, 6.07) is 12.6. The fraction of sp³-hybridized carbons (Fsp3) is 0.360. The first-order valence-electron chi connectivity index (χ1n) is 11.0. The van der Waals surface area contributed by atoms with Gasteiger partial charge in [-0.3, -0.25) is 9.36 Å². The van der Waals surface area contributed by atoms with Crippen LogP contribution in [0.15, 0.2) is 41.2 Å². The lowest BCUT2D eigenvalue weighted by Gasteiger charge is -2.31. The number of para-hydroxylation sites is 1. The zero-order chi connectivity index (χ0) is 23.7. The normalized spacial score (nSPS) is 15.3. The van der Waals surface area contributed by atoms with E-state index in [1.165, 1.54) is 0 Å². The fourth-order valence-corrected chi connectivity index (χ4v) is 4.47. The summed E-state index contributed by atoms with van der Waals surface area (Å²) in [6.07, 6.45) is 1.49. The standard InChI is InChI=1S/C25H27N5O3/c1-15-12-19(16(2)27-21-7-5-4-6-18(21)24(32)33)22-20(13-15)23(31)29(3)25(28-22)30-10-8-17(14-26)9-11-30/h4-7,12-13,16-17,27H,8-11H2,1-3H3,(H,32,33). The molecule has 2 heterocycles. The summed E-state index contributed by atoms with van der Waals surface area (Å²) in [7, 11) is 1.73. The summed E-state index contributed by atoms with van der Waals surface area (Å²) in [5, 5.41) is 22.6. The maximum Gasteiger partial charge on any atom is 0.337 e. The van der Waals surface area contributed by atoms with Gasteiger partial charge in [0.05, 0.1) is 28.6 Å². The van der Waals surface area contributed by atoms with E-state index in [0.29, 0.717) is 35.6 Å². The number of rotatable bonds is 5. The number of fused-ring (bicyclic) bond motifs is 1. The van der Waals surface area contributed by atoms with Crippen LogP contribution in [0.1, 0.15) is 47.3 Å². The number of hydrogen-bond acceptors (Lipinski definition) is 6. The average Bonchev–Trinajstić information content (AvgIpc) is 2.81. The second-order valence-corrected chi connectivity index (χ2v) is 8.63. The van der Waals surface area contributed by atoms with Gasteiger partial charge in [0.1, 0.15) is 0 Å². The van der Waals surface area contributed by atoms with Crippen LogP contribution >= 0.6 is 0 Å². The lowest BCUT2D eigenvalue weighted by Crippen LogP contribution is -2.38. The van der Waals surface area contributed by atoms with Crippen LogP contribution in [0, 0.1) is 24.2 Å². The molecule has 0 saturated carbocycles. The monoisotopic (exact) mass is 445 g/mol. The van der Waals surface area contributed by atoms with E-state index < -0.39 is 5.97 Å². The third-order valence-corrected chi connectivity index (χ3v) is 6.29. The molecule has 1 aliphatic heterocycles. The number of nitrogens with one attached hydrogen (secondary N) is 1. The Bertz CT molecular complexity index is 1320. The van der Waals surface area contributed by atoms with Gasteiger partial charge in [0.2, 0.25) is 5.95 Å². The maximum absolute atomic E-state index is 13.3. The molecule has 0 amide bonds. The van der Waals surface area contributed by atoms with Crippen molar-refractivity contribution in [1.29, 1.82) is 5.26 Å². The molecule has 0 spiro atoms. The Labute approximate surface area is 192 Å². The zero-order valence-electron chi connectivity index (χ0n) is 19.0. The highest BCUT2D eigenvalue weighted by molar-refractivity contribution is 5.94. The number of aromatic carboxylic acids is 1. The number of carboxylic acid groups (broad SMARTS) is 1. The molecule has 33 heavy (non-hydrogen) atoms. The Kier molecular flexibility index (Phi) is 6.05. The molecule has 8 nitrogen and oxygen atoms in total. The summed E-state index contributed by atoms with van der Waals surface area (Å²) in [4.78, 5) is 31.9. The second-order valence-electron chi connectivity index (χ2n) is 8.63. The molecule has 0 aliphatic carbocycles. The molecule has 1 aliphatic rings. The lowest BCUT2D eigenvalue weighted by atomic mass is 9.98. The zero-order valence-corrected chi connectivity index (χ0v) is 19.0. The van der Waals surface area contributed by atoms with Gasteiger partial charge in [-0.15, -0.1) is 0 Å². The van der Waals surface area contributed by atoms with Crippen LogP contribution in [0.5, 0.6) is 0 Å². The van der Waals surface area contributed by atoms with Gasteiger partial charge in [-0.1, -0.05) is 18.2 Å². The van der Waals surface area contributed by atoms with E-state index in [1.54, 1.807) is 35.9 Å². The van der Waals surface area contributed by atoms with Crippen LogP contribution in [0.25, 0.3) is 10.9 Å².